The van der Waals surface area contributed by atoms with E-state index in [1.54, 1.807) is 12.3 Å². The molecule has 1 saturated heterocycles. The molecule has 1 aliphatic rings. The summed E-state index contributed by atoms with van der Waals surface area (Å²) in [6, 6.07) is 9.71. The van der Waals surface area contributed by atoms with Gasteiger partial charge >= 0.3 is 6.03 Å². The van der Waals surface area contributed by atoms with Crippen molar-refractivity contribution < 1.29 is 4.79 Å². The lowest BCUT2D eigenvalue weighted by Crippen LogP contribution is -2.51. The molecule has 0 aliphatic carbocycles. The number of fused-ring (bicyclic) bond motifs is 2. The van der Waals surface area contributed by atoms with Crippen LogP contribution in [0.15, 0.2) is 36.5 Å². The highest BCUT2D eigenvalue weighted by Crippen LogP contribution is 2.29. The van der Waals surface area contributed by atoms with E-state index in [4.69, 9.17) is 11.6 Å². The zero-order chi connectivity index (χ0) is 23.8. The Kier molecular flexibility index (Phi) is 5.97. The SMILES string of the molecule is Cc1nc2c(NC(=O)N3CCN(C(C)C)CC3)cc(Nc3ncc4cccc(Cl)c4n3)cc2[nH]1. The van der Waals surface area contributed by atoms with Crippen molar-refractivity contribution in [1.29, 1.82) is 0 Å². The molecule has 0 saturated carbocycles. The number of nitrogens with one attached hydrogen (secondary N) is 3. The summed E-state index contributed by atoms with van der Waals surface area (Å²) in [5.41, 5.74) is 3.54. The van der Waals surface area contributed by atoms with E-state index in [1.807, 2.05) is 36.1 Å². The number of carbonyl (C=O) groups excluding carboxylic acids is 1. The minimum atomic E-state index is -0.128. The van der Waals surface area contributed by atoms with Crippen LogP contribution >= 0.6 is 11.6 Å². The number of nitrogens with zero attached hydrogens (tertiary/aromatic N) is 5. The average Bonchev–Trinajstić information content (AvgIpc) is 3.20. The van der Waals surface area contributed by atoms with Crippen LogP contribution in [0.5, 0.6) is 0 Å². The number of rotatable bonds is 4. The number of benzene rings is 2. The van der Waals surface area contributed by atoms with Gasteiger partial charge in [-0.15, -0.1) is 0 Å². The Morgan fingerprint density at radius 2 is 1.91 bits per heavy atom. The van der Waals surface area contributed by atoms with Gasteiger partial charge in [0.25, 0.3) is 0 Å². The monoisotopic (exact) mass is 478 g/mol. The first-order valence-corrected chi connectivity index (χ1v) is 11.7. The Bertz CT molecular complexity index is 1360. The summed E-state index contributed by atoms with van der Waals surface area (Å²) in [4.78, 5) is 34.1. The summed E-state index contributed by atoms with van der Waals surface area (Å²) < 4.78 is 0. The van der Waals surface area contributed by atoms with Crippen LogP contribution in [0, 0.1) is 6.92 Å². The number of aryl methyl sites for hydroxylation is 1. The van der Waals surface area contributed by atoms with Crippen molar-refractivity contribution in [1.82, 2.24) is 29.7 Å². The maximum absolute atomic E-state index is 13.0. The van der Waals surface area contributed by atoms with Crippen LogP contribution in [0.2, 0.25) is 5.02 Å². The third kappa shape index (κ3) is 4.49. The number of para-hydroxylation sites is 1. The van der Waals surface area contributed by atoms with Gasteiger partial charge in [0.05, 0.1) is 21.7 Å². The molecule has 0 spiro atoms. The summed E-state index contributed by atoms with van der Waals surface area (Å²) in [7, 11) is 0. The summed E-state index contributed by atoms with van der Waals surface area (Å²) in [6.45, 7) is 9.36. The van der Waals surface area contributed by atoms with Gasteiger partial charge in [0.1, 0.15) is 11.3 Å². The zero-order valence-electron chi connectivity index (χ0n) is 19.4. The van der Waals surface area contributed by atoms with Crippen molar-refractivity contribution in [2.24, 2.45) is 0 Å². The van der Waals surface area contributed by atoms with E-state index in [9.17, 15) is 4.79 Å². The molecular weight excluding hydrogens is 452 g/mol. The maximum atomic E-state index is 13.0. The van der Waals surface area contributed by atoms with Crippen LogP contribution in [0.3, 0.4) is 0 Å². The van der Waals surface area contributed by atoms with Gasteiger partial charge in [0.15, 0.2) is 0 Å². The van der Waals surface area contributed by atoms with E-state index in [0.29, 0.717) is 46.8 Å². The fraction of sp³-hybridized carbons (Fsp3) is 0.333. The molecule has 1 fully saturated rings. The van der Waals surface area contributed by atoms with Crippen LogP contribution in [0.25, 0.3) is 21.9 Å². The van der Waals surface area contributed by atoms with Crippen molar-refractivity contribution >= 4 is 56.9 Å². The van der Waals surface area contributed by atoms with E-state index in [0.717, 1.165) is 35.5 Å². The van der Waals surface area contributed by atoms with Crippen molar-refractivity contribution in [2.45, 2.75) is 26.8 Å². The first kappa shape index (κ1) is 22.4. The molecule has 2 aromatic heterocycles. The van der Waals surface area contributed by atoms with Crippen molar-refractivity contribution in [3.63, 3.8) is 0 Å². The summed E-state index contributed by atoms with van der Waals surface area (Å²) >= 11 is 6.31. The molecule has 1 aliphatic heterocycles. The van der Waals surface area contributed by atoms with Gasteiger partial charge in [0.2, 0.25) is 5.95 Å². The fourth-order valence-corrected chi connectivity index (χ4v) is 4.48. The highest BCUT2D eigenvalue weighted by atomic mass is 35.5. The first-order valence-electron chi connectivity index (χ1n) is 11.4. The van der Waals surface area contributed by atoms with Crippen LogP contribution in [0.1, 0.15) is 19.7 Å². The second kappa shape index (κ2) is 9.08. The number of piperazine rings is 1. The molecule has 0 unspecified atom stereocenters. The molecule has 2 aromatic carbocycles. The Morgan fingerprint density at radius 3 is 2.68 bits per heavy atom. The molecule has 5 rings (SSSR count). The average molecular weight is 479 g/mol. The second-order valence-electron chi connectivity index (χ2n) is 8.79. The van der Waals surface area contributed by atoms with Crippen LogP contribution in [-0.2, 0) is 0 Å². The zero-order valence-corrected chi connectivity index (χ0v) is 20.1. The van der Waals surface area contributed by atoms with Gasteiger partial charge in [0, 0.05) is 49.5 Å². The van der Waals surface area contributed by atoms with Crippen LogP contribution in [-0.4, -0.2) is 68.0 Å². The minimum absolute atomic E-state index is 0.128. The molecule has 9 nitrogen and oxygen atoms in total. The van der Waals surface area contributed by atoms with E-state index >= 15 is 0 Å². The Labute approximate surface area is 202 Å². The Morgan fingerprint density at radius 1 is 1.12 bits per heavy atom. The smallest absolute Gasteiger partial charge is 0.321 e. The molecule has 10 heteroatoms. The van der Waals surface area contributed by atoms with Crippen LogP contribution < -0.4 is 10.6 Å². The third-order valence-corrected chi connectivity index (χ3v) is 6.40. The van der Waals surface area contributed by atoms with Gasteiger partial charge in [-0.1, -0.05) is 23.7 Å². The molecule has 2 amide bonds. The fourth-order valence-electron chi connectivity index (χ4n) is 4.25. The molecule has 3 heterocycles. The van der Waals surface area contributed by atoms with Gasteiger partial charge in [-0.05, 0) is 39.0 Å². The lowest BCUT2D eigenvalue weighted by Gasteiger charge is -2.36. The molecule has 176 valence electrons. The van der Waals surface area contributed by atoms with E-state index in [2.05, 4.69) is 49.3 Å². The van der Waals surface area contributed by atoms with Gasteiger partial charge in [-0.2, -0.15) is 0 Å². The number of anilines is 3. The lowest BCUT2D eigenvalue weighted by atomic mass is 10.2. The largest absolute Gasteiger partial charge is 0.342 e. The molecular formula is C24H27ClN8O. The van der Waals surface area contributed by atoms with E-state index < -0.39 is 0 Å². The number of amides is 2. The molecule has 0 radical (unpaired) electrons. The summed E-state index contributed by atoms with van der Waals surface area (Å²) in [5, 5.41) is 7.72. The third-order valence-electron chi connectivity index (χ3n) is 6.10. The van der Waals surface area contributed by atoms with Crippen molar-refractivity contribution in [3.05, 3.63) is 47.4 Å². The second-order valence-corrected chi connectivity index (χ2v) is 9.19. The summed E-state index contributed by atoms with van der Waals surface area (Å²) in [5.74, 6) is 1.18. The quantitative estimate of drug-likeness (QED) is 0.390. The summed E-state index contributed by atoms with van der Waals surface area (Å²) in [6.07, 6.45) is 1.73. The molecule has 0 bridgehead atoms. The number of hydrogen-bond donors (Lipinski definition) is 3. The molecule has 34 heavy (non-hydrogen) atoms. The molecule has 3 N–H and O–H groups in total. The minimum Gasteiger partial charge on any atom is -0.342 e. The number of carbonyl (C=O) groups is 1. The standard InChI is InChI=1S/C24H27ClN8O/c1-14(2)32-7-9-33(10-8-32)24(34)30-20-12-17(11-19-22(20)28-15(3)27-19)29-23-26-13-16-5-4-6-18(25)21(16)31-23/h4-6,11-14H,7-10H2,1-3H3,(H,27,28)(H,30,34)(H,26,29,31). The van der Waals surface area contributed by atoms with Gasteiger partial charge < -0.3 is 20.5 Å². The van der Waals surface area contributed by atoms with Crippen LogP contribution in [0.4, 0.5) is 22.1 Å². The van der Waals surface area contributed by atoms with E-state index in [1.165, 1.54) is 0 Å². The van der Waals surface area contributed by atoms with Crippen molar-refractivity contribution in [2.75, 3.05) is 36.8 Å². The Balaban J connectivity index is 1.40. The Hall–Kier alpha value is -3.43. The number of hydrogen-bond acceptors (Lipinski definition) is 6. The van der Waals surface area contributed by atoms with Gasteiger partial charge in [-0.25, -0.2) is 19.7 Å². The number of halogens is 1. The lowest BCUT2D eigenvalue weighted by molar-refractivity contribution is 0.125. The normalized spacial score (nSPS) is 14.8. The predicted octanol–water partition coefficient (Wildman–Crippen LogP) is 4.77. The number of aromatic nitrogens is 4. The topological polar surface area (TPSA) is 102 Å². The molecule has 0 atom stereocenters. The first-order chi connectivity index (χ1) is 16.4. The highest BCUT2D eigenvalue weighted by Gasteiger charge is 2.23. The number of imidazole rings is 1. The predicted molar refractivity (Wildman–Crippen MR) is 136 cm³/mol. The number of H-pyrrole nitrogens is 1. The van der Waals surface area contributed by atoms with Gasteiger partial charge in [-0.3, -0.25) is 4.90 Å². The number of urea groups is 1. The number of aromatic amines is 1. The van der Waals surface area contributed by atoms with E-state index in [-0.39, 0.29) is 6.03 Å². The molecule has 4 aromatic rings. The van der Waals surface area contributed by atoms with Crippen molar-refractivity contribution in [3.8, 4) is 0 Å². The maximum Gasteiger partial charge on any atom is 0.321 e. The highest BCUT2D eigenvalue weighted by molar-refractivity contribution is 6.35.